The molecule has 2 aromatic heterocycles. The van der Waals surface area contributed by atoms with Crippen molar-refractivity contribution < 1.29 is 31.8 Å². The molecule has 0 aliphatic rings. The Morgan fingerprint density at radius 2 is 1.94 bits per heavy atom. The number of nitrogens with one attached hydrogen (secondary N) is 1. The minimum Gasteiger partial charge on any atom is -0.496 e. The maximum atomic E-state index is 14.6. The van der Waals surface area contributed by atoms with Crippen LogP contribution in [0.1, 0.15) is 29.9 Å². The third-order valence-corrected chi connectivity index (χ3v) is 5.46. The summed E-state index contributed by atoms with van der Waals surface area (Å²) >= 11 is 0.647. The number of hydrogen-bond acceptors (Lipinski definition) is 7. The minimum absolute atomic E-state index is 0.0175. The second-order valence-corrected chi connectivity index (χ2v) is 8.51. The van der Waals surface area contributed by atoms with Crippen molar-refractivity contribution >= 4 is 22.4 Å². The van der Waals surface area contributed by atoms with E-state index < -0.39 is 29.9 Å². The summed E-state index contributed by atoms with van der Waals surface area (Å²) < 4.78 is 64.8. The van der Waals surface area contributed by atoms with E-state index in [2.05, 4.69) is 20.5 Å². The van der Waals surface area contributed by atoms with Crippen molar-refractivity contribution in [1.29, 1.82) is 0 Å². The van der Waals surface area contributed by atoms with Gasteiger partial charge in [0, 0.05) is 17.5 Å². The average molecular weight is 484 g/mol. The quantitative estimate of drug-likeness (QED) is 0.438. The molecule has 0 bridgehead atoms. The fourth-order valence-electron chi connectivity index (χ4n) is 2.70. The maximum absolute atomic E-state index is 14.6. The number of alkyl halides is 3. The van der Waals surface area contributed by atoms with Gasteiger partial charge in [-0.15, -0.1) is 5.10 Å². The number of ether oxygens (including phenoxy) is 2. The van der Waals surface area contributed by atoms with Crippen molar-refractivity contribution in [2.45, 2.75) is 33.6 Å². The molecule has 176 valence electrons. The normalized spacial score (nSPS) is 12.5. The summed E-state index contributed by atoms with van der Waals surface area (Å²) in [4.78, 5) is 17.0. The molecular weight excluding hydrogens is 464 g/mol. The molecule has 12 heteroatoms. The summed E-state index contributed by atoms with van der Waals surface area (Å²) in [5.74, 6) is -1.08. The van der Waals surface area contributed by atoms with Gasteiger partial charge in [0.2, 0.25) is 11.6 Å². The molecule has 1 amide bonds. The monoisotopic (exact) mass is 484 g/mol. The predicted molar refractivity (Wildman–Crippen MR) is 114 cm³/mol. The van der Waals surface area contributed by atoms with Gasteiger partial charge in [-0.1, -0.05) is 11.2 Å². The Balaban J connectivity index is 1.86. The van der Waals surface area contributed by atoms with Crippen molar-refractivity contribution in [3.63, 3.8) is 0 Å². The lowest BCUT2D eigenvalue weighted by molar-refractivity contribution is -0.114. The molecule has 2 heterocycles. The second-order valence-electron chi connectivity index (χ2n) is 7.57. The van der Waals surface area contributed by atoms with E-state index in [9.17, 15) is 22.4 Å². The number of rotatable bonds is 8. The van der Waals surface area contributed by atoms with Gasteiger partial charge < -0.3 is 9.47 Å². The Morgan fingerprint density at radius 3 is 2.61 bits per heavy atom. The Morgan fingerprint density at radius 1 is 1.21 bits per heavy atom. The van der Waals surface area contributed by atoms with E-state index in [-0.39, 0.29) is 32.8 Å². The standard InChI is InChI=1S/C21H20F4N4O3S/c1-10-8-11(15-13(22)6-5-7-14(15)31-4)12(9-26-10)16(30)27-19-28-29-20(33-19)32-18(25)21(2,3)17(23)24/h5-9,17-18H,1-4H3,(H,27,28,30). The number of amides is 1. The molecule has 33 heavy (non-hydrogen) atoms. The van der Waals surface area contributed by atoms with Crippen LogP contribution < -0.4 is 14.8 Å². The summed E-state index contributed by atoms with van der Waals surface area (Å²) in [7, 11) is 1.38. The lowest BCUT2D eigenvalue weighted by Crippen LogP contribution is -2.36. The number of aryl methyl sites for hydroxylation is 1. The number of methoxy groups -OCH3 is 1. The predicted octanol–water partition coefficient (Wildman–Crippen LogP) is 5.27. The molecule has 3 rings (SSSR count). The van der Waals surface area contributed by atoms with Gasteiger partial charge in [-0.25, -0.2) is 17.6 Å². The zero-order valence-electron chi connectivity index (χ0n) is 18.0. The van der Waals surface area contributed by atoms with Crippen LogP contribution in [0.4, 0.5) is 22.7 Å². The summed E-state index contributed by atoms with van der Waals surface area (Å²) in [6.07, 6.45) is -4.05. The number of carbonyl (C=O) groups is 1. The Hall–Kier alpha value is -3.28. The molecular formula is C21H20F4N4O3S. The Labute approximate surface area is 190 Å². The molecule has 0 aliphatic heterocycles. The van der Waals surface area contributed by atoms with Crippen molar-refractivity contribution in [2.75, 3.05) is 12.4 Å². The Bertz CT molecular complexity index is 1160. The van der Waals surface area contributed by atoms with Crippen LogP contribution in [-0.4, -0.2) is 41.0 Å². The van der Waals surface area contributed by atoms with Crippen molar-refractivity contribution in [3.05, 3.63) is 47.5 Å². The van der Waals surface area contributed by atoms with Crippen LogP contribution in [0.15, 0.2) is 30.5 Å². The second kappa shape index (κ2) is 9.69. The fraction of sp³-hybridized carbons (Fsp3) is 0.333. The highest BCUT2D eigenvalue weighted by molar-refractivity contribution is 7.17. The van der Waals surface area contributed by atoms with E-state index in [0.29, 0.717) is 17.0 Å². The molecule has 0 saturated heterocycles. The molecule has 3 aromatic rings. The van der Waals surface area contributed by atoms with E-state index in [1.54, 1.807) is 13.0 Å². The van der Waals surface area contributed by atoms with E-state index in [1.807, 2.05) is 0 Å². The van der Waals surface area contributed by atoms with Crippen LogP contribution in [0, 0.1) is 18.2 Å². The Kier molecular flexibility index (Phi) is 7.15. The third-order valence-electron chi connectivity index (χ3n) is 4.73. The van der Waals surface area contributed by atoms with E-state index in [1.165, 1.54) is 31.5 Å². The number of anilines is 1. The van der Waals surface area contributed by atoms with Gasteiger partial charge >= 0.3 is 0 Å². The van der Waals surface area contributed by atoms with Crippen LogP contribution in [-0.2, 0) is 0 Å². The smallest absolute Gasteiger partial charge is 0.298 e. The van der Waals surface area contributed by atoms with E-state index >= 15 is 0 Å². The van der Waals surface area contributed by atoms with Crippen molar-refractivity contribution in [1.82, 2.24) is 15.2 Å². The highest BCUT2D eigenvalue weighted by atomic mass is 32.1. The van der Waals surface area contributed by atoms with E-state index in [4.69, 9.17) is 9.47 Å². The van der Waals surface area contributed by atoms with E-state index in [0.717, 1.165) is 13.8 Å². The highest BCUT2D eigenvalue weighted by Gasteiger charge is 2.41. The largest absolute Gasteiger partial charge is 0.496 e. The number of benzene rings is 1. The molecule has 1 atom stereocenters. The first-order valence-electron chi connectivity index (χ1n) is 9.57. The summed E-state index contributed by atoms with van der Waals surface area (Å²) in [6.45, 7) is 3.70. The zero-order valence-corrected chi connectivity index (χ0v) is 18.8. The molecule has 1 aromatic carbocycles. The number of pyridine rings is 1. The van der Waals surface area contributed by atoms with Gasteiger partial charge in [0.15, 0.2) is 0 Å². The fourth-order valence-corrected chi connectivity index (χ4v) is 3.30. The summed E-state index contributed by atoms with van der Waals surface area (Å²) in [5.41, 5.74) is -1.21. The summed E-state index contributed by atoms with van der Waals surface area (Å²) in [6, 6.07) is 5.79. The average Bonchev–Trinajstić information content (AvgIpc) is 3.19. The number of carbonyl (C=O) groups excluding carboxylic acids is 1. The lowest BCUT2D eigenvalue weighted by atomic mass is 9.94. The molecule has 0 spiro atoms. The van der Waals surface area contributed by atoms with Crippen LogP contribution in [0.2, 0.25) is 0 Å². The minimum atomic E-state index is -2.97. The van der Waals surface area contributed by atoms with Gasteiger partial charge in [-0.05, 0) is 50.3 Å². The van der Waals surface area contributed by atoms with Crippen LogP contribution >= 0.6 is 11.3 Å². The van der Waals surface area contributed by atoms with Crippen LogP contribution in [0.25, 0.3) is 11.1 Å². The first kappa shape index (κ1) is 24.4. The molecule has 1 unspecified atom stereocenters. The number of nitrogens with zero attached hydrogens (tertiary/aromatic N) is 3. The molecule has 0 fully saturated rings. The van der Waals surface area contributed by atoms with Gasteiger partial charge in [0.25, 0.3) is 17.5 Å². The lowest BCUT2D eigenvalue weighted by Gasteiger charge is -2.26. The molecule has 0 aliphatic carbocycles. The number of halogens is 4. The van der Waals surface area contributed by atoms with Gasteiger partial charge in [-0.3, -0.25) is 15.1 Å². The first-order chi connectivity index (χ1) is 15.5. The van der Waals surface area contributed by atoms with Crippen LogP contribution in [0.5, 0.6) is 10.9 Å². The van der Waals surface area contributed by atoms with Gasteiger partial charge in [0.05, 0.1) is 23.7 Å². The van der Waals surface area contributed by atoms with Crippen LogP contribution in [0.3, 0.4) is 0 Å². The zero-order chi connectivity index (χ0) is 24.3. The number of hydrogen-bond donors (Lipinski definition) is 1. The SMILES string of the molecule is COc1cccc(F)c1-c1cc(C)ncc1C(=O)Nc1nnc(OC(F)C(C)(C)C(F)F)s1. The maximum Gasteiger partial charge on any atom is 0.298 e. The topological polar surface area (TPSA) is 86.2 Å². The molecule has 1 N–H and O–H groups in total. The molecule has 0 radical (unpaired) electrons. The summed E-state index contributed by atoms with van der Waals surface area (Å²) in [5, 5.41) is 9.26. The molecule has 0 saturated carbocycles. The van der Waals surface area contributed by atoms with Gasteiger partial charge in [0.1, 0.15) is 11.6 Å². The van der Waals surface area contributed by atoms with Crippen molar-refractivity contribution in [2.24, 2.45) is 5.41 Å². The van der Waals surface area contributed by atoms with Crippen molar-refractivity contribution in [3.8, 4) is 22.1 Å². The highest BCUT2D eigenvalue weighted by Crippen LogP contribution is 2.36. The first-order valence-corrected chi connectivity index (χ1v) is 10.4. The van der Waals surface area contributed by atoms with Gasteiger partial charge in [-0.2, -0.15) is 0 Å². The molecule has 7 nitrogen and oxygen atoms in total. The number of aromatic nitrogens is 3. The third kappa shape index (κ3) is 5.21.